The van der Waals surface area contributed by atoms with Gasteiger partial charge < -0.3 is 11.1 Å². The van der Waals surface area contributed by atoms with Crippen molar-refractivity contribution in [3.63, 3.8) is 0 Å². The smallest absolute Gasteiger partial charge is 0.167 e. The molecule has 3 N–H and O–H groups in total. The highest BCUT2D eigenvalue weighted by atomic mass is 35.5. The SMILES string of the molecule is Cc1ccc(C)c(Nc2c(N)ccc(Cl)c2F)c1. The number of rotatable bonds is 2. The quantitative estimate of drug-likeness (QED) is 0.788. The third-order valence-electron chi connectivity index (χ3n) is 2.78. The van der Waals surface area contributed by atoms with Gasteiger partial charge in [-0.05, 0) is 43.2 Å². The normalized spacial score (nSPS) is 10.4. The first kappa shape index (κ1) is 12.7. The molecule has 0 aliphatic rings. The van der Waals surface area contributed by atoms with Crippen LogP contribution in [-0.4, -0.2) is 0 Å². The topological polar surface area (TPSA) is 38.0 Å². The molecule has 94 valence electrons. The van der Waals surface area contributed by atoms with Gasteiger partial charge in [0.2, 0.25) is 0 Å². The number of hydrogen-bond acceptors (Lipinski definition) is 2. The zero-order valence-electron chi connectivity index (χ0n) is 10.2. The van der Waals surface area contributed by atoms with Gasteiger partial charge in [0, 0.05) is 5.69 Å². The zero-order chi connectivity index (χ0) is 13.3. The molecule has 0 fully saturated rings. The minimum Gasteiger partial charge on any atom is -0.397 e. The molecular formula is C14H14ClFN2. The van der Waals surface area contributed by atoms with Crippen molar-refractivity contribution in [1.82, 2.24) is 0 Å². The molecule has 0 unspecified atom stereocenters. The molecule has 0 saturated heterocycles. The summed E-state index contributed by atoms with van der Waals surface area (Å²) in [6.45, 7) is 3.92. The highest BCUT2D eigenvalue weighted by Crippen LogP contribution is 2.32. The van der Waals surface area contributed by atoms with Crippen molar-refractivity contribution in [3.05, 3.63) is 52.3 Å². The Kier molecular flexibility index (Phi) is 3.43. The first-order chi connectivity index (χ1) is 8.49. The van der Waals surface area contributed by atoms with E-state index < -0.39 is 5.82 Å². The summed E-state index contributed by atoms with van der Waals surface area (Å²) in [7, 11) is 0. The van der Waals surface area contributed by atoms with Crippen molar-refractivity contribution in [3.8, 4) is 0 Å². The molecule has 18 heavy (non-hydrogen) atoms. The van der Waals surface area contributed by atoms with E-state index in [2.05, 4.69) is 5.32 Å². The summed E-state index contributed by atoms with van der Waals surface area (Å²) in [5.74, 6) is -0.530. The second-order valence-corrected chi connectivity index (χ2v) is 4.68. The molecule has 0 aromatic heterocycles. The van der Waals surface area contributed by atoms with E-state index in [0.29, 0.717) is 5.69 Å². The van der Waals surface area contributed by atoms with Crippen LogP contribution in [0.25, 0.3) is 0 Å². The van der Waals surface area contributed by atoms with E-state index in [1.165, 1.54) is 6.07 Å². The van der Waals surface area contributed by atoms with Gasteiger partial charge in [-0.1, -0.05) is 23.7 Å². The van der Waals surface area contributed by atoms with Crippen molar-refractivity contribution >= 4 is 28.7 Å². The summed E-state index contributed by atoms with van der Waals surface area (Å²) < 4.78 is 13.9. The molecule has 0 spiro atoms. The van der Waals surface area contributed by atoms with Crippen LogP contribution in [0.15, 0.2) is 30.3 Å². The van der Waals surface area contributed by atoms with Crippen LogP contribution in [0.3, 0.4) is 0 Å². The Hall–Kier alpha value is -1.74. The van der Waals surface area contributed by atoms with Gasteiger partial charge in [0.1, 0.15) is 0 Å². The van der Waals surface area contributed by atoms with Gasteiger partial charge in [0.15, 0.2) is 5.82 Å². The van der Waals surface area contributed by atoms with Gasteiger partial charge in [0.05, 0.1) is 16.4 Å². The number of aryl methyl sites for hydroxylation is 2. The molecule has 0 amide bonds. The molecule has 2 aromatic carbocycles. The van der Waals surface area contributed by atoms with E-state index in [4.69, 9.17) is 17.3 Å². The number of hydrogen-bond donors (Lipinski definition) is 2. The summed E-state index contributed by atoms with van der Waals surface area (Å²) in [5.41, 5.74) is 9.24. The van der Waals surface area contributed by atoms with E-state index in [1.807, 2.05) is 32.0 Å². The molecule has 2 nitrogen and oxygen atoms in total. The van der Waals surface area contributed by atoms with Crippen molar-refractivity contribution < 1.29 is 4.39 Å². The molecule has 0 bridgehead atoms. The van der Waals surface area contributed by atoms with Crippen LogP contribution in [0.1, 0.15) is 11.1 Å². The minimum absolute atomic E-state index is 0.0528. The van der Waals surface area contributed by atoms with Gasteiger partial charge in [-0.25, -0.2) is 4.39 Å². The maximum atomic E-state index is 13.9. The minimum atomic E-state index is -0.530. The number of halogens is 2. The van der Waals surface area contributed by atoms with Crippen molar-refractivity contribution in [2.24, 2.45) is 0 Å². The van der Waals surface area contributed by atoms with Crippen LogP contribution in [0.4, 0.5) is 21.5 Å². The predicted octanol–water partition coefficient (Wildman–Crippen LogP) is 4.42. The maximum absolute atomic E-state index is 13.9. The van der Waals surface area contributed by atoms with Crippen LogP contribution in [0.5, 0.6) is 0 Å². The van der Waals surface area contributed by atoms with Crippen molar-refractivity contribution in [2.45, 2.75) is 13.8 Å². The number of benzene rings is 2. The Bertz CT molecular complexity index is 597. The average molecular weight is 265 g/mol. The standard InChI is InChI=1S/C14H14ClFN2/c1-8-3-4-9(2)12(7-8)18-14-11(17)6-5-10(15)13(14)16/h3-7,18H,17H2,1-2H3. The van der Waals surface area contributed by atoms with Crippen LogP contribution < -0.4 is 11.1 Å². The predicted molar refractivity (Wildman–Crippen MR) is 75.0 cm³/mol. The monoisotopic (exact) mass is 264 g/mol. The van der Waals surface area contributed by atoms with E-state index in [9.17, 15) is 4.39 Å². The maximum Gasteiger partial charge on any atom is 0.167 e. The van der Waals surface area contributed by atoms with Gasteiger partial charge in [0.25, 0.3) is 0 Å². The fourth-order valence-corrected chi connectivity index (χ4v) is 1.86. The van der Waals surface area contributed by atoms with Crippen LogP contribution in [0, 0.1) is 19.7 Å². The first-order valence-electron chi connectivity index (χ1n) is 5.57. The molecule has 0 saturated carbocycles. The van der Waals surface area contributed by atoms with Gasteiger partial charge in [-0.3, -0.25) is 0 Å². The molecule has 0 aliphatic carbocycles. The summed E-state index contributed by atoms with van der Waals surface area (Å²) in [4.78, 5) is 0. The Morgan fingerprint density at radius 1 is 1.17 bits per heavy atom. The van der Waals surface area contributed by atoms with Crippen LogP contribution in [0.2, 0.25) is 5.02 Å². The van der Waals surface area contributed by atoms with Crippen molar-refractivity contribution in [1.29, 1.82) is 0 Å². The summed E-state index contributed by atoms with van der Waals surface area (Å²) >= 11 is 5.75. The second kappa shape index (κ2) is 4.86. The van der Waals surface area contributed by atoms with E-state index in [1.54, 1.807) is 6.07 Å². The molecule has 2 aromatic rings. The highest BCUT2D eigenvalue weighted by Gasteiger charge is 2.11. The lowest BCUT2D eigenvalue weighted by molar-refractivity contribution is 0.633. The molecule has 0 aliphatic heterocycles. The summed E-state index contributed by atoms with van der Waals surface area (Å²) in [6.07, 6.45) is 0. The number of nitrogen functional groups attached to an aromatic ring is 1. The fourth-order valence-electron chi connectivity index (χ4n) is 1.70. The third kappa shape index (κ3) is 2.41. The summed E-state index contributed by atoms with van der Waals surface area (Å²) in [6, 6.07) is 8.93. The third-order valence-corrected chi connectivity index (χ3v) is 3.07. The Morgan fingerprint density at radius 3 is 2.61 bits per heavy atom. The molecule has 0 atom stereocenters. The Morgan fingerprint density at radius 2 is 1.89 bits per heavy atom. The van der Waals surface area contributed by atoms with Crippen LogP contribution >= 0.6 is 11.6 Å². The first-order valence-corrected chi connectivity index (χ1v) is 5.94. The number of nitrogens with two attached hydrogens (primary N) is 1. The molecular weight excluding hydrogens is 251 g/mol. The number of anilines is 3. The Labute approximate surface area is 111 Å². The zero-order valence-corrected chi connectivity index (χ0v) is 11.0. The van der Waals surface area contributed by atoms with Gasteiger partial charge >= 0.3 is 0 Å². The lowest BCUT2D eigenvalue weighted by Crippen LogP contribution is -2.01. The van der Waals surface area contributed by atoms with E-state index in [0.717, 1.165) is 16.8 Å². The van der Waals surface area contributed by atoms with Gasteiger partial charge in [-0.15, -0.1) is 0 Å². The second-order valence-electron chi connectivity index (χ2n) is 4.27. The van der Waals surface area contributed by atoms with E-state index >= 15 is 0 Å². The molecule has 0 heterocycles. The van der Waals surface area contributed by atoms with Crippen LogP contribution in [-0.2, 0) is 0 Å². The van der Waals surface area contributed by atoms with Gasteiger partial charge in [-0.2, -0.15) is 0 Å². The molecule has 2 rings (SSSR count). The highest BCUT2D eigenvalue weighted by molar-refractivity contribution is 6.31. The average Bonchev–Trinajstić information content (AvgIpc) is 2.34. The number of nitrogens with one attached hydrogen (secondary N) is 1. The fraction of sp³-hybridized carbons (Fsp3) is 0.143. The van der Waals surface area contributed by atoms with Crippen molar-refractivity contribution in [2.75, 3.05) is 11.1 Å². The largest absolute Gasteiger partial charge is 0.397 e. The molecule has 4 heteroatoms. The lowest BCUT2D eigenvalue weighted by Gasteiger charge is -2.14. The molecule has 0 radical (unpaired) electrons. The summed E-state index contributed by atoms with van der Waals surface area (Å²) in [5, 5.41) is 3.06. The van der Waals surface area contributed by atoms with E-state index in [-0.39, 0.29) is 10.7 Å². The lowest BCUT2D eigenvalue weighted by atomic mass is 10.1. The Balaban J connectivity index is 2.46.